The van der Waals surface area contributed by atoms with Crippen molar-refractivity contribution in [2.24, 2.45) is 5.73 Å². The van der Waals surface area contributed by atoms with Crippen molar-refractivity contribution in [3.05, 3.63) is 52.8 Å². The van der Waals surface area contributed by atoms with Crippen LogP contribution >= 0.6 is 0 Å². The Morgan fingerprint density at radius 3 is 2.60 bits per heavy atom. The molecule has 3 heteroatoms. The van der Waals surface area contributed by atoms with Gasteiger partial charge in [-0.1, -0.05) is 29.8 Å². The van der Waals surface area contributed by atoms with Crippen LogP contribution in [-0.2, 0) is 13.0 Å². The van der Waals surface area contributed by atoms with Gasteiger partial charge >= 0.3 is 0 Å². The van der Waals surface area contributed by atoms with Crippen LogP contribution in [0.25, 0.3) is 0 Å². The first-order valence-corrected chi connectivity index (χ1v) is 5.06. The molecular formula is C12H15N3. The van der Waals surface area contributed by atoms with Gasteiger partial charge in [-0.05, 0) is 18.6 Å². The Bertz CT molecular complexity index is 428. The van der Waals surface area contributed by atoms with E-state index in [9.17, 15) is 0 Å². The minimum absolute atomic E-state index is 0.490. The summed E-state index contributed by atoms with van der Waals surface area (Å²) < 4.78 is 0. The second-order valence-electron chi connectivity index (χ2n) is 3.75. The standard InChI is InChI=1S/C12H15N3/c1-9-2-4-10(5-3-9)6-11-7-12(8-13)15-14-11/h2-5,7H,6,8,13H2,1H3,(H,14,15). The third kappa shape index (κ3) is 2.44. The Kier molecular flexibility index (Phi) is 2.83. The number of hydrogen-bond acceptors (Lipinski definition) is 2. The number of benzene rings is 1. The maximum Gasteiger partial charge on any atom is 0.0760 e. The van der Waals surface area contributed by atoms with Gasteiger partial charge in [0.25, 0.3) is 0 Å². The molecule has 0 saturated carbocycles. The monoisotopic (exact) mass is 201 g/mol. The average Bonchev–Trinajstić information content (AvgIpc) is 2.69. The molecule has 0 aliphatic heterocycles. The molecule has 0 aliphatic rings. The van der Waals surface area contributed by atoms with Crippen molar-refractivity contribution in [3.8, 4) is 0 Å². The van der Waals surface area contributed by atoms with E-state index in [0.717, 1.165) is 17.8 Å². The predicted octanol–water partition coefficient (Wildman–Crippen LogP) is 1.77. The molecule has 2 aromatic rings. The summed E-state index contributed by atoms with van der Waals surface area (Å²) in [6.45, 7) is 2.58. The summed E-state index contributed by atoms with van der Waals surface area (Å²) in [5.74, 6) is 0. The Balaban J connectivity index is 2.11. The van der Waals surface area contributed by atoms with Gasteiger partial charge in [0.2, 0.25) is 0 Å². The van der Waals surface area contributed by atoms with Crippen molar-refractivity contribution < 1.29 is 0 Å². The highest BCUT2D eigenvalue weighted by molar-refractivity contribution is 5.25. The van der Waals surface area contributed by atoms with Gasteiger partial charge in [-0.3, -0.25) is 5.10 Å². The molecule has 0 fully saturated rings. The van der Waals surface area contributed by atoms with Crippen LogP contribution in [-0.4, -0.2) is 10.2 Å². The predicted molar refractivity (Wildman–Crippen MR) is 60.5 cm³/mol. The molecule has 1 aromatic heterocycles. The van der Waals surface area contributed by atoms with Crippen LogP contribution in [0.1, 0.15) is 22.5 Å². The SMILES string of the molecule is Cc1ccc(Cc2cc(CN)n[nH]2)cc1. The van der Waals surface area contributed by atoms with Gasteiger partial charge in [-0.25, -0.2) is 0 Å². The van der Waals surface area contributed by atoms with Crippen molar-refractivity contribution in [1.29, 1.82) is 0 Å². The zero-order valence-electron chi connectivity index (χ0n) is 8.83. The molecule has 78 valence electrons. The van der Waals surface area contributed by atoms with Crippen molar-refractivity contribution in [1.82, 2.24) is 10.2 Å². The summed E-state index contributed by atoms with van der Waals surface area (Å²) in [7, 11) is 0. The Morgan fingerprint density at radius 1 is 1.27 bits per heavy atom. The molecule has 15 heavy (non-hydrogen) atoms. The van der Waals surface area contributed by atoms with Crippen LogP contribution in [0.2, 0.25) is 0 Å². The number of aromatic nitrogens is 2. The number of nitrogens with two attached hydrogens (primary N) is 1. The Labute approximate surface area is 89.3 Å². The van der Waals surface area contributed by atoms with E-state index in [1.165, 1.54) is 11.1 Å². The number of rotatable bonds is 3. The summed E-state index contributed by atoms with van der Waals surface area (Å²) in [6.07, 6.45) is 0.882. The van der Waals surface area contributed by atoms with Crippen LogP contribution in [0.15, 0.2) is 30.3 Å². The van der Waals surface area contributed by atoms with Crippen molar-refractivity contribution in [2.75, 3.05) is 0 Å². The summed E-state index contributed by atoms with van der Waals surface area (Å²) in [6, 6.07) is 10.5. The largest absolute Gasteiger partial charge is 0.325 e. The molecule has 0 bridgehead atoms. The topological polar surface area (TPSA) is 54.7 Å². The fourth-order valence-corrected chi connectivity index (χ4v) is 1.53. The molecule has 3 N–H and O–H groups in total. The minimum Gasteiger partial charge on any atom is -0.325 e. The van der Waals surface area contributed by atoms with Crippen molar-refractivity contribution in [3.63, 3.8) is 0 Å². The number of nitrogens with zero attached hydrogens (tertiary/aromatic N) is 1. The van der Waals surface area contributed by atoms with E-state index in [0.29, 0.717) is 6.54 Å². The minimum atomic E-state index is 0.490. The summed E-state index contributed by atoms with van der Waals surface area (Å²) in [5, 5.41) is 7.09. The van der Waals surface area contributed by atoms with Gasteiger partial charge in [0.15, 0.2) is 0 Å². The van der Waals surface area contributed by atoms with Gasteiger partial charge in [0.1, 0.15) is 0 Å². The molecule has 3 nitrogen and oxygen atoms in total. The highest BCUT2D eigenvalue weighted by atomic mass is 15.1. The number of hydrogen-bond donors (Lipinski definition) is 2. The van der Waals surface area contributed by atoms with E-state index >= 15 is 0 Å². The Morgan fingerprint density at radius 2 is 2.00 bits per heavy atom. The third-order valence-electron chi connectivity index (χ3n) is 2.41. The molecule has 0 radical (unpaired) electrons. The second kappa shape index (κ2) is 4.28. The zero-order valence-corrected chi connectivity index (χ0v) is 8.83. The number of H-pyrrole nitrogens is 1. The van der Waals surface area contributed by atoms with E-state index in [1.807, 2.05) is 6.07 Å². The van der Waals surface area contributed by atoms with Gasteiger partial charge < -0.3 is 5.73 Å². The maximum atomic E-state index is 5.49. The summed E-state index contributed by atoms with van der Waals surface area (Å²) in [5.41, 5.74) is 10.1. The molecular weight excluding hydrogens is 186 g/mol. The fourth-order valence-electron chi connectivity index (χ4n) is 1.53. The summed E-state index contributed by atoms with van der Waals surface area (Å²) in [4.78, 5) is 0. The normalized spacial score (nSPS) is 10.5. The van der Waals surface area contributed by atoms with Crippen LogP contribution in [0.4, 0.5) is 0 Å². The van der Waals surface area contributed by atoms with Gasteiger partial charge in [0.05, 0.1) is 5.69 Å². The quantitative estimate of drug-likeness (QED) is 0.795. The van der Waals surface area contributed by atoms with E-state index in [4.69, 9.17) is 5.73 Å². The lowest BCUT2D eigenvalue weighted by Gasteiger charge is -1.98. The van der Waals surface area contributed by atoms with Crippen LogP contribution < -0.4 is 5.73 Å². The van der Waals surface area contributed by atoms with E-state index < -0.39 is 0 Å². The number of aromatic amines is 1. The van der Waals surface area contributed by atoms with Crippen LogP contribution in [0.3, 0.4) is 0 Å². The molecule has 0 aliphatic carbocycles. The molecule has 1 aromatic carbocycles. The van der Waals surface area contributed by atoms with Gasteiger partial charge in [-0.2, -0.15) is 5.10 Å². The van der Waals surface area contributed by atoms with Gasteiger partial charge in [-0.15, -0.1) is 0 Å². The smallest absolute Gasteiger partial charge is 0.0760 e. The lowest BCUT2D eigenvalue weighted by Crippen LogP contribution is -1.95. The first kappa shape index (κ1) is 9.93. The molecule has 0 unspecified atom stereocenters. The molecule has 0 atom stereocenters. The fraction of sp³-hybridized carbons (Fsp3) is 0.250. The highest BCUT2D eigenvalue weighted by Crippen LogP contribution is 2.09. The third-order valence-corrected chi connectivity index (χ3v) is 2.41. The van der Waals surface area contributed by atoms with Crippen molar-refractivity contribution >= 4 is 0 Å². The molecule has 0 spiro atoms. The second-order valence-corrected chi connectivity index (χ2v) is 3.75. The lowest BCUT2D eigenvalue weighted by atomic mass is 10.1. The number of aryl methyl sites for hydroxylation is 1. The van der Waals surface area contributed by atoms with Crippen LogP contribution in [0, 0.1) is 6.92 Å². The van der Waals surface area contributed by atoms with E-state index in [2.05, 4.69) is 41.4 Å². The molecule has 1 heterocycles. The average molecular weight is 201 g/mol. The molecule has 0 amide bonds. The first-order valence-electron chi connectivity index (χ1n) is 5.06. The van der Waals surface area contributed by atoms with E-state index in [-0.39, 0.29) is 0 Å². The number of nitrogens with one attached hydrogen (secondary N) is 1. The van der Waals surface area contributed by atoms with Gasteiger partial charge in [0, 0.05) is 18.7 Å². The zero-order chi connectivity index (χ0) is 10.7. The summed E-state index contributed by atoms with van der Waals surface area (Å²) >= 11 is 0. The van der Waals surface area contributed by atoms with E-state index in [1.54, 1.807) is 0 Å². The molecule has 2 rings (SSSR count). The molecule has 0 saturated heterocycles. The van der Waals surface area contributed by atoms with Crippen LogP contribution in [0.5, 0.6) is 0 Å². The lowest BCUT2D eigenvalue weighted by molar-refractivity contribution is 0.928. The highest BCUT2D eigenvalue weighted by Gasteiger charge is 2.00. The Hall–Kier alpha value is -1.61. The maximum absolute atomic E-state index is 5.49. The van der Waals surface area contributed by atoms with Crippen molar-refractivity contribution in [2.45, 2.75) is 19.9 Å². The first-order chi connectivity index (χ1) is 7.28.